The van der Waals surface area contributed by atoms with Crippen LogP contribution in [-0.2, 0) is 6.54 Å². The predicted octanol–water partition coefficient (Wildman–Crippen LogP) is 4.32. The first-order valence-electron chi connectivity index (χ1n) is 10.5. The molecule has 1 aliphatic rings. The van der Waals surface area contributed by atoms with Crippen molar-refractivity contribution in [2.75, 3.05) is 31.1 Å². The lowest BCUT2D eigenvalue weighted by atomic mass is 10.1. The van der Waals surface area contributed by atoms with E-state index in [1.807, 2.05) is 24.4 Å². The summed E-state index contributed by atoms with van der Waals surface area (Å²) in [5, 5.41) is 1.11. The Kier molecular flexibility index (Phi) is 5.11. The van der Waals surface area contributed by atoms with Gasteiger partial charge in [-0.05, 0) is 42.3 Å². The molecule has 0 saturated carbocycles. The van der Waals surface area contributed by atoms with Crippen LogP contribution < -0.4 is 4.90 Å². The molecule has 0 bridgehead atoms. The Balaban J connectivity index is 1.41. The van der Waals surface area contributed by atoms with Gasteiger partial charge < -0.3 is 4.90 Å². The van der Waals surface area contributed by atoms with E-state index < -0.39 is 0 Å². The van der Waals surface area contributed by atoms with E-state index in [0.717, 1.165) is 60.8 Å². The summed E-state index contributed by atoms with van der Waals surface area (Å²) in [5.74, 6) is 1.76. The third kappa shape index (κ3) is 3.76. The fourth-order valence-electron chi connectivity index (χ4n) is 4.07. The molecule has 2 aromatic heterocycles. The van der Waals surface area contributed by atoms with Crippen LogP contribution in [0.4, 0.5) is 5.82 Å². The van der Waals surface area contributed by atoms with Crippen molar-refractivity contribution in [1.29, 1.82) is 0 Å². The van der Waals surface area contributed by atoms with Crippen LogP contribution in [0, 0.1) is 6.92 Å². The molecule has 0 aliphatic carbocycles. The zero-order valence-electron chi connectivity index (χ0n) is 17.2. The third-order valence-electron chi connectivity index (χ3n) is 5.83. The minimum atomic E-state index is 0.735. The zero-order valence-corrected chi connectivity index (χ0v) is 17.2. The average Bonchev–Trinajstić information content (AvgIpc) is 2.81. The van der Waals surface area contributed by atoms with E-state index in [4.69, 9.17) is 9.97 Å². The van der Waals surface area contributed by atoms with Crippen LogP contribution >= 0.6 is 0 Å². The molecule has 0 spiro atoms. The Morgan fingerprint density at radius 2 is 1.63 bits per heavy atom. The molecule has 0 radical (unpaired) electrons. The van der Waals surface area contributed by atoms with Crippen molar-refractivity contribution < 1.29 is 0 Å². The number of benzene rings is 2. The summed E-state index contributed by atoms with van der Waals surface area (Å²) in [6.07, 6.45) is 3.60. The van der Waals surface area contributed by atoms with Gasteiger partial charge in [-0.3, -0.25) is 9.88 Å². The highest BCUT2D eigenvalue weighted by Gasteiger charge is 2.21. The molecule has 0 amide bonds. The number of para-hydroxylation sites is 1. The molecule has 5 nitrogen and oxygen atoms in total. The fourth-order valence-corrected chi connectivity index (χ4v) is 4.07. The molecular formula is C25H25N5. The Bertz CT molecular complexity index is 1150. The van der Waals surface area contributed by atoms with Crippen molar-refractivity contribution in [1.82, 2.24) is 19.9 Å². The quantitative estimate of drug-likeness (QED) is 0.515. The summed E-state index contributed by atoms with van der Waals surface area (Å²) >= 11 is 0. The monoisotopic (exact) mass is 395 g/mol. The maximum atomic E-state index is 4.97. The number of hydrogen-bond donors (Lipinski definition) is 0. The van der Waals surface area contributed by atoms with Gasteiger partial charge in [0.05, 0.1) is 5.52 Å². The number of aryl methyl sites for hydroxylation is 1. The van der Waals surface area contributed by atoms with Crippen molar-refractivity contribution in [2.24, 2.45) is 0 Å². The maximum absolute atomic E-state index is 4.97. The maximum Gasteiger partial charge on any atom is 0.163 e. The molecule has 2 aromatic carbocycles. The van der Waals surface area contributed by atoms with Crippen molar-refractivity contribution in [2.45, 2.75) is 13.5 Å². The summed E-state index contributed by atoms with van der Waals surface area (Å²) < 4.78 is 0. The lowest BCUT2D eigenvalue weighted by Crippen LogP contribution is -2.46. The number of rotatable bonds is 4. The molecule has 3 heterocycles. The van der Waals surface area contributed by atoms with Gasteiger partial charge >= 0.3 is 0 Å². The van der Waals surface area contributed by atoms with Crippen LogP contribution in [0.15, 0.2) is 73.1 Å². The van der Waals surface area contributed by atoms with Gasteiger partial charge in [0.25, 0.3) is 0 Å². The van der Waals surface area contributed by atoms with Crippen molar-refractivity contribution in [3.63, 3.8) is 0 Å². The summed E-state index contributed by atoms with van der Waals surface area (Å²) in [6, 6.07) is 20.9. The lowest BCUT2D eigenvalue weighted by molar-refractivity contribution is 0.249. The average molecular weight is 396 g/mol. The van der Waals surface area contributed by atoms with Gasteiger partial charge in [0, 0.05) is 56.1 Å². The minimum absolute atomic E-state index is 0.735. The number of hydrogen-bond acceptors (Lipinski definition) is 5. The first kappa shape index (κ1) is 18.7. The molecule has 0 atom stereocenters. The molecule has 1 saturated heterocycles. The number of anilines is 1. The summed E-state index contributed by atoms with van der Waals surface area (Å²) in [6.45, 7) is 7.16. The molecule has 1 fully saturated rings. The van der Waals surface area contributed by atoms with Crippen LogP contribution in [0.2, 0.25) is 0 Å². The second-order valence-corrected chi connectivity index (χ2v) is 7.82. The Morgan fingerprint density at radius 1 is 0.833 bits per heavy atom. The van der Waals surface area contributed by atoms with Crippen LogP contribution in [0.1, 0.15) is 11.1 Å². The summed E-state index contributed by atoms with van der Waals surface area (Å²) in [5.41, 5.74) is 4.70. The number of pyridine rings is 1. The molecule has 0 unspecified atom stereocenters. The van der Waals surface area contributed by atoms with Gasteiger partial charge in [0.15, 0.2) is 5.82 Å². The van der Waals surface area contributed by atoms with Gasteiger partial charge in [0.2, 0.25) is 0 Å². The first-order valence-corrected chi connectivity index (χ1v) is 10.5. The highest BCUT2D eigenvalue weighted by atomic mass is 15.3. The molecule has 150 valence electrons. The normalized spacial score (nSPS) is 14.9. The number of fused-ring (bicyclic) bond motifs is 1. The number of piperazine rings is 1. The predicted molar refractivity (Wildman–Crippen MR) is 121 cm³/mol. The van der Waals surface area contributed by atoms with E-state index in [9.17, 15) is 0 Å². The van der Waals surface area contributed by atoms with Crippen molar-refractivity contribution in [3.05, 3.63) is 84.2 Å². The van der Waals surface area contributed by atoms with Gasteiger partial charge in [-0.2, -0.15) is 0 Å². The van der Waals surface area contributed by atoms with Crippen LogP contribution in [0.3, 0.4) is 0 Å². The Morgan fingerprint density at radius 3 is 2.43 bits per heavy atom. The van der Waals surface area contributed by atoms with E-state index in [-0.39, 0.29) is 0 Å². The molecule has 1 aliphatic heterocycles. The Hall–Kier alpha value is -3.31. The van der Waals surface area contributed by atoms with Crippen LogP contribution in [0.5, 0.6) is 0 Å². The van der Waals surface area contributed by atoms with Crippen LogP contribution in [0.25, 0.3) is 22.3 Å². The van der Waals surface area contributed by atoms with E-state index in [1.165, 1.54) is 11.1 Å². The smallest absolute Gasteiger partial charge is 0.163 e. The van der Waals surface area contributed by atoms with Crippen molar-refractivity contribution >= 4 is 16.7 Å². The van der Waals surface area contributed by atoms with E-state index in [0.29, 0.717) is 0 Å². The highest BCUT2D eigenvalue weighted by Crippen LogP contribution is 2.28. The van der Waals surface area contributed by atoms with E-state index in [2.05, 4.69) is 64.2 Å². The fraction of sp³-hybridized carbons (Fsp3) is 0.240. The molecular weight excluding hydrogens is 370 g/mol. The number of aromatic nitrogens is 3. The summed E-state index contributed by atoms with van der Waals surface area (Å²) in [7, 11) is 0. The molecule has 5 heteroatoms. The molecule has 4 aromatic rings. The second-order valence-electron chi connectivity index (χ2n) is 7.82. The second kappa shape index (κ2) is 8.20. The van der Waals surface area contributed by atoms with E-state index in [1.54, 1.807) is 6.20 Å². The summed E-state index contributed by atoms with van der Waals surface area (Å²) in [4.78, 5) is 18.9. The lowest BCUT2D eigenvalue weighted by Gasteiger charge is -2.36. The third-order valence-corrected chi connectivity index (χ3v) is 5.83. The van der Waals surface area contributed by atoms with Gasteiger partial charge in [-0.25, -0.2) is 9.97 Å². The van der Waals surface area contributed by atoms with Gasteiger partial charge in [0.1, 0.15) is 5.82 Å². The van der Waals surface area contributed by atoms with E-state index >= 15 is 0 Å². The molecule has 0 N–H and O–H groups in total. The Labute approximate surface area is 177 Å². The SMILES string of the molecule is Cc1ccccc1CN1CCN(c2nc(-c3cccnc3)nc3ccccc23)CC1. The minimum Gasteiger partial charge on any atom is -0.353 e. The molecule has 30 heavy (non-hydrogen) atoms. The standard InChI is InChI=1S/C25H25N5/c1-19-7-2-3-8-21(19)18-29-13-15-30(16-14-29)25-22-10-4-5-11-23(22)27-24(28-25)20-9-6-12-26-17-20/h2-12,17H,13-16,18H2,1H3. The first-order chi connectivity index (χ1) is 14.8. The largest absolute Gasteiger partial charge is 0.353 e. The molecule has 5 rings (SSSR count). The zero-order chi connectivity index (χ0) is 20.3. The van der Waals surface area contributed by atoms with Gasteiger partial charge in [-0.1, -0.05) is 36.4 Å². The van der Waals surface area contributed by atoms with Gasteiger partial charge in [-0.15, -0.1) is 0 Å². The van der Waals surface area contributed by atoms with Crippen molar-refractivity contribution in [3.8, 4) is 11.4 Å². The van der Waals surface area contributed by atoms with Crippen LogP contribution in [-0.4, -0.2) is 46.0 Å². The highest BCUT2D eigenvalue weighted by molar-refractivity contribution is 5.91. The number of nitrogens with zero attached hydrogens (tertiary/aromatic N) is 5. The topological polar surface area (TPSA) is 45.2 Å².